The molecule has 0 aliphatic rings. The van der Waals surface area contributed by atoms with E-state index in [0.717, 1.165) is 5.69 Å². The molecule has 0 aromatic carbocycles. The average Bonchev–Trinajstić information content (AvgIpc) is 2.33. The van der Waals surface area contributed by atoms with Gasteiger partial charge >= 0.3 is 0 Å². The van der Waals surface area contributed by atoms with Gasteiger partial charge < -0.3 is 24.4 Å². The zero-order valence-electron chi connectivity index (χ0n) is 11.7. The third-order valence-corrected chi connectivity index (χ3v) is 2.76. The van der Waals surface area contributed by atoms with Crippen molar-refractivity contribution in [1.29, 1.82) is 0 Å². The highest BCUT2D eigenvalue weighted by molar-refractivity contribution is 5.29. The number of ether oxygens (including phenoxy) is 1. The lowest BCUT2D eigenvalue weighted by molar-refractivity contribution is 0.0859. The van der Waals surface area contributed by atoms with Crippen molar-refractivity contribution in [1.82, 2.24) is 9.47 Å². The van der Waals surface area contributed by atoms with Crippen LogP contribution >= 0.6 is 0 Å². The van der Waals surface area contributed by atoms with E-state index in [1.54, 1.807) is 0 Å². The van der Waals surface area contributed by atoms with Crippen LogP contribution in [-0.4, -0.2) is 53.6 Å². The summed E-state index contributed by atoms with van der Waals surface area (Å²) in [5.74, 6) is -0.207. The Hall–Kier alpha value is -1.37. The van der Waals surface area contributed by atoms with Gasteiger partial charge in [-0.3, -0.25) is 4.79 Å². The second-order valence-corrected chi connectivity index (χ2v) is 4.67. The van der Waals surface area contributed by atoms with Crippen LogP contribution < -0.4 is 5.43 Å². The van der Waals surface area contributed by atoms with Crippen LogP contribution in [0.3, 0.4) is 0 Å². The predicted molar refractivity (Wildman–Crippen MR) is 72.4 cm³/mol. The molecule has 0 saturated carbocycles. The van der Waals surface area contributed by atoms with Crippen molar-refractivity contribution in [2.75, 3.05) is 33.9 Å². The summed E-state index contributed by atoms with van der Waals surface area (Å²) in [5.41, 5.74) is 1.01. The lowest BCUT2D eigenvalue weighted by Crippen LogP contribution is -2.23. The smallest absolute Gasteiger partial charge is 0.223 e. The largest absolute Gasteiger partial charge is 0.503 e. The number of hydrogen-bond acceptors (Lipinski definition) is 5. The number of aromatic nitrogens is 1. The van der Waals surface area contributed by atoms with Crippen molar-refractivity contribution < 1.29 is 14.9 Å². The van der Waals surface area contributed by atoms with Gasteiger partial charge in [-0.15, -0.1) is 0 Å². The Morgan fingerprint density at radius 3 is 2.63 bits per heavy atom. The Kier molecular flexibility index (Phi) is 6.01. The maximum atomic E-state index is 11.6. The Morgan fingerprint density at radius 2 is 2.05 bits per heavy atom. The average molecular weight is 270 g/mol. The molecule has 108 valence electrons. The van der Waals surface area contributed by atoms with Crippen LogP contribution in [0, 0.1) is 6.92 Å². The summed E-state index contributed by atoms with van der Waals surface area (Å²) >= 11 is 0. The van der Waals surface area contributed by atoms with Gasteiger partial charge in [0, 0.05) is 24.8 Å². The second kappa shape index (κ2) is 7.28. The monoisotopic (exact) mass is 270 g/mol. The van der Waals surface area contributed by atoms with E-state index in [9.17, 15) is 9.90 Å². The van der Waals surface area contributed by atoms with Gasteiger partial charge in [-0.05, 0) is 21.0 Å². The topological polar surface area (TPSA) is 74.9 Å². The Bertz CT molecular complexity index is 468. The third kappa shape index (κ3) is 4.34. The highest BCUT2D eigenvalue weighted by atomic mass is 16.5. The maximum Gasteiger partial charge on any atom is 0.223 e. The molecule has 0 aliphatic heterocycles. The second-order valence-electron chi connectivity index (χ2n) is 4.67. The van der Waals surface area contributed by atoms with E-state index >= 15 is 0 Å². The molecule has 0 saturated heterocycles. The molecule has 1 aromatic rings. The molecule has 0 bridgehead atoms. The fourth-order valence-electron chi connectivity index (χ4n) is 1.91. The quantitative estimate of drug-likeness (QED) is 0.679. The minimum atomic E-state index is -0.359. The highest BCUT2D eigenvalue weighted by Gasteiger charge is 2.13. The zero-order valence-corrected chi connectivity index (χ0v) is 11.7. The molecule has 0 aliphatic carbocycles. The number of aromatic hydroxyl groups is 1. The summed E-state index contributed by atoms with van der Waals surface area (Å²) in [6.45, 7) is 3.52. The van der Waals surface area contributed by atoms with Crippen LogP contribution in [0.15, 0.2) is 10.9 Å². The Labute approximate surface area is 112 Å². The van der Waals surface area contributed by atoms with Crippen LogP contribution in [0.2, 0.25) is 0 Å². The molecule has 1 rings (SSSR count). The number of aliphatic hydroxyl groups excluding tert-OH is 1. The van der Waals surface area contributed by atoms with Gasteiger partial charge in [0.25, 0.3) is 0 Å². The van der Waals surface area contributed by atoms with Crippen LogP contribution in [0.4, 0.5) is 0 Å². The lowest BCUT2D eigenvalue weighted by Gasteiger charge is -2.20. The van der Waals surface area contributed by atoms with Crippen LogP contribution in [0.25, 0.3) is 0 Å². The number of aryl methyl sites for hydroxylation is 1. The summed E-state index contributed by atoms with van der Waals surface area (Å²) in [6, 6.07) is 1.42. The number of pyridine rings is 1. The molecular formula is C13H22N2O4. The van der Waals surface area contributed by atoms with Gasteiger partial charge in [0.2, 0.25) is 5.43 Å². The van der Waals surface area contributed by atoms with E-state index < -0.39 is 0 Å². The fraction of sp³-hybridized carbons (Fsp3) is 0.615. The van der Waals surface area contributed by atoms with Gasteiger partial charge in [0.15, 0.2) is 5.75 Å². The molecule has 0 spiro atoms. The Morgan fingerprint density at radius 1 is 1.37 bits per heavy atom. The summed E-state index contributed by atoms with van der Waals surface area (Å²) in [5, 5.41) is 18.6. The van der Waals surface area contributed by atoms with Gasteiger partial charge in [0.1, 0.15) is 0 Å². The molecule has 1 aromatic heterocycles. The predicted octanol–water partition coefficient (Wildman–Crippen LogP) is -0.0672. The van der Waals surface area contributed by atoms with Gasteiger partial charge in [-0.1, -0.05) is 0 Å². The van der Waals surface area contributed by atoms with E-state index in [1.807, 2.05) is 30.5 Å². The first-order chi connectivity index (χ1) is 8.97. The molecule has 0 amide bonds. The minimum Gasteiger partial charge on any atom is -0.503 e. The van der Waals surface area contributed by atoms with Crippen molar-refractivity contribution in [2.24, 2.45) is 0 Å². The summed E-state index contributed by atoms with van der Waals surface area (Å²) in [4.78, 5) is 13.5. The van der Waals surface area contributed by atoms with Crippen LogP contribution in [-0.2, 0) is 17.8 Å². The number of nitrogens with zero attached hydrogens (tertiary/aromatic N) is 2. The molecular weight excluding hydrogens is 248 g/mol. The van der Waals surface area contributed by atoms with E-state index in [4.69, 9.17) is 9.84 Å². The van der Waals surface area contributed by atoms with Crippen molar-refractivity contribution >= 4 is 0 Å². The van der Waals surface area contributed by atoms with Crippen LogP contribution in [0.5, 0.6) is 5.75 Å². The van der Waals surface area contributed by atoms with Gasteiger partial charge in [-0.2, -0.15) is 0 Å². The first kappa shape index (κ1) is 15.7. The molecule has 1 heterocycles. The molecule has 19 heavy (non-hydrogen) atoms. The first-order valence-corrected chi connectivity index (χ1v) is 6.23. The molecule has 2 N–H and O–H groups in total. The summed E-state index contributed by atoms with van der Waals surface area (Å²) in [6.07, 6.45) is 0. The van der Waals surface area contributed by atoms with Gasteiger partial charge in [0.05, 0.1) is 25.5 Å². The van der Waals surface area contributed by atoms with Gasteiger partial charge in [-0.25, -0.2) is 0 Å². The molecule has 0 radical (unpaired) electrons. The highest BCUT2D eigenvalue weighted by Crippen LogP contribution is 2.15. The fourth-order valence-corrected chi connectivity index (χ4v) is 1.91. The molecule has 0 fully saturated rings. The van der Waals surface area contributed by atoms with E-state index in [2.05, 4.69) is 0 Å². The third-order valence-electron chi connectivity index (χ3n) is 2.76. The van der Waals surface area contributed by atoms with Crippen LogP contribution in [0.1, 0.15) is 11.4 Å². The molecule has 0 unspecified atom stereocenters. The van der Waals surface area contributed by atoms with E-state index in [1.165, 1.54) is 6.07 Å². The molecule has 0 atom stereocenters. The van der Waals surface area contributed by atoms with Crippen molar-refractivity contribution in [2.45, 2.75) is 20.0 Å². The Balaban J connectivity index is 2.99. The summed E-state index contributed by atoms with van der Waals surface area (Å²) in [7, 11) is 3.75. The first-order valence-electron chi connectivity index (χ1n) is 6.23. The maximum absolute atomic E-state index is 11.6. The minimum absolute atomic E-state index is 0.0149. The number of rotatable bonds is 7. The lowest BCUT2D eigenvalue weighted by atomic mass is 10.2. The van der Waals surface area contributed by atoms with E-state index in [0.29, 0.717) is 25.4 Å². The summed E-state index contributed by atoms with van der Waals surface area (Å²) < 4.78 is 7.10. The normalized spacial score (nSPS) is 11.2. The molecule has 6 nitrogen and oxygen atoms in total. The van der Waals surface area contributed by atoms with Crippen molar-refractivity contribution in [3.8, 4) is 5.75 Å². The van der Waals surface area contributed by atoms with E-state index in [-0.39, 0.29) is 24.4 Å². The SMILES string of the molecule is Cc1cc(=O)c(O)c(CN(C)C)n1CCOCCO. The number of aliphatic hydroxyl groups is 1. The zero-order chi connectivity index (χ0) is 14.4. The number of hydrogen-bond donors (Lipinski definition) is 2. The standard InChI is InChI=1S/C13H22N2O4/c1-10-8-12(17)13(18)11(9-14(2)3)15(10)4-6-19-7-5-16/h8,16,18H,4-7,9H2,1-3H3. The van der Waals surface area contributed by atoms with Crippen molar-refractivity contribution in [3.63, 3.8) is 0 Å². The molecule has 6 heteroatoms. The van der Waals surface area contributed by atoms with Crippen molar-refractivity contribution in [3.05, 3.63) is 27.7 Å².